The largest absolute Gasteiger partial charge is 0.490 e. The summed E-state index contributed by atoms with van der Waals surface area (Å²) in [4.78, 5) is 5.67. The van der Waals surface area contributed by atoms with Gasteiger partial charge in [-0.25, -0.2) is 0 Å². The third kappa shape index (κ3) is 9.18. The summed E-state index contributed by atoms with van der Waals surface area (Å²) < 4.78 is 48.3. The van der Waals surface area contributed by atoms with Crippen molar-refractivity contribution < 1.29 is 22.6 Å². The van der Waals surface area contributed by atoms with E-state index >= 15 is 0 Å². The highest BCUT2D eigenvalue weighted by Crippen LogP contribution is 2.32. The molecule has 0 radical (unpaired) electrons. The zero-order valence-corrected chi connectivity index (χ0v) is 18.5. The van der Waals surface area contributed by atoms with Crippen LogP contribution in [0.15, 0.2) is 23.2 Å². The van der Waals surface area contributed by atoms with Gasteiger partial charge < -0.3 is 20.1 Å². The lowest BCUT2D eigenvalue weighted by Crippen LogP contribution is -2.33. The first-order valence-electron chi connectivity index (χ1n) is 9.07. The second-order valence-corrected chi connectivity index (χ2v) is 6.30. The van der Waals surface area contributed by atoms with Crippen LogP contribution in [0, 0.1) is 0 Å². The number of ether oxygens (including phenoxy) is 2. The van der Waals surface area contributed by atoms with Gasteiger partial charge in [-0.3, -0.25) is 9.89 Å². The van der Waals surface area contributed by atoms with Crippen molar-refractivity contribution in [1.29, 1.82) is 0 Å². The maximum Gasteiger partial charge on any atom is 0.401 e. The van der Waals surface area contributed by atoms with Gasteiger partial charge >= 0.3 is 6.18 Å². The van der Waals surface area contributed by atoms with Crippen LogP contribution >= 0.6 is 24.0 Å². The van der Waals surface area contributed by atoms with Gasteiger partial charge in [0.2, 0.25) is 0 Å². The highest BCUT2D eigenvalue weighted by molar-refractivity contribution is 14.0. The first kappa shape index (κ1) is 24.6. The number of nitrogens with zero attached hydrogens (tertiary/aromatic N) is 2. The van der Waals surface area contributed by atoms with Crippen LogP contribution < -0.4 is 20.1 Å². The van der Waals surface area contributed by atoms with Gasteiger partial charge in [0, 0.05) is 31.3 Å². The molecule has 0 amide bonds. The molecule has 0 atom stereocenters. The standard InChI is InChI=1S/C18H27F3N4O2.HI/c1-3-22-17(23-8-4-9-25(2)13-18(19,20)21)24-14-6-7-15-16(12-14)27-11-5-10-26-15;/h6-7,12H,3-5,8-11,13H2,1-2H3,(H2,22,23,24);1H. The molecule has 0 saturated heterocycles. The van der Waals surface area contributed by atoms with Gasteiger partial charge in [0.05, 0.1) is 19.8 Å². The number of halogens is 4. The smallest absolute Gasteiger partial charge is 0.401 e. The normalized spacial score (nSPS) is 14.3. The molecule has 1 aliphatic heterocycles. The van der Waals surface area contributed by atoms with Crippen molar-refractivity contribution in [3.63, 3.8) is 0 Å². The number of aliphatic imine (C=N–C) groups is 1. The molecule has 6 nitrogen and oxygen atoms in total. The first-order valence-corrected chi connectivity index (χ1v) is 9.07. The minimum absolute atomic E-state index is 0. The summed E-state index contributed by atoms with van der Waals surface area (Å²) in [6, 6.07) is 5.57. The van der Waals surface area contributed by atoms with Crippen LogP contribution in [0.25, 0.3) is 0 Å². The van der Waals surface area contributed by atoms with E-state index in [1.165, 1.54) is 11.9 Å². The van der Waals surface area contributed by atoms with Crippen LogP contribution in [0.2, 0.25) is 0 Å². The first-order chi connectivity index (χ1) is 12.9. The summed E-state index contributed by atoms with van der Waals surface area (Å²) >= 11 is 0. The van der Waals surface area contributed by atoms with Crippen molar-refractivity contribution in [2.75, 3.05) is 51.8 Å². The average Bonchev–Trinajstić information content (AvgIpc) is 2.82. The summed E-state index contributed by atoms with van der Waals surface area (Å²) in [6.07, 6.45) is -2.81. The molecule has 0 unspecified atom stereocenters. The Morgan fingerprint density at radius 1 is 1.21 bits per heavy atom. The number of anilines is 1. The predicted molar refractivity (Wildman–Crippen MR) is 115 cm³/mol. The minimum atomic E-state index is -4.17. The lowest BCUT2D eigenvalue weighted by atomic mass is 10.3. The molecule has 0 aliphatic carbocycles. The molecule has 0 aromatic heterocycles. The zero-order valence-electron chi connectivity index (χ0n) is 16.1. The van der Waals surface area contributed by atoms with Gasteiger partial charge in [0.25, 0.3) is 0 Å². The number of fused-ring (bicyclic) bond motifs is 1. The Balaban J connectivity index is 0.00000392. The van der Waals surface area contributed by atoms with E-state index < -0.39 is 12.7 Å². The van der Waals surface area contributed by atoms with Gasteiger partial charge in [0.1, 0.15) is 0 Å². The number of hydrogen-bond donors (Lipinski definition) is 2. The quantitative estimate of drug-likeness (QED) is 0.251. The molecule has 1 aliphatic rings. The SMILES string of the molecule is CCNC(=NCCCN(C)CC(F)(F)F)Nc1ccc2c(c1)OCCCO2.I. The third-order valence-corrected chi connectivity index (χ3v) is 3.77. The zero-order chi connectivity index (χ0) is 19.7. The molecule has 10 heteroatoms. The van der Waals surface area contributed by atoms with Crippen LogP contribution in [-0.2, 0) is 0 Å². The second kappa shape index (κ2) is 12.2. The molecule has 2 rings (SSSR count). The van der Waals surface area contributed by atoms with Crippen molar-refractivity contribution in [3.05, 3.63) is 18.2 Å². The number of nitrogens with one attached hydrogen (secondary N) is 2. The van der Waals surface area contributed by atoms with Crippen LogP contribution in [0.5, 0.6) is 11.5 Å². The molecule has 28 heavy (non-hydrogen) atoms. The van der Waals surface area contributed by atoms with E-state index in [0.717, 1.165) is 12.1 Å². The summed E-state index contributed by atoms with van der Waals surface area (Å²) in [5.74, 6) is 1.97. The van der Waals surface area contributed by atoms with Gasteiger partial charge in [-0.05, 0) is 39.1 Å². The van der Waals surface area contributed by atoms with E-state index in [2.05, 4.69) is 15.6 Å². The van der Waals surface area contributed by atoms with E-state index in [9.17, 15) is 13.2 Å². The molecule has 1 aromatic carbocycles. The Hall–Kier alpha value is -1.43. The Bertz CT molecular complexity index is 629. The third-order valence-electron chi connectivity index (χ3n) is 3.77. The molecule has 2 N–H and O–H groups in total. The lowest BCUT2D eigenvalue weighted by Gasteiger charge is -2.18. The molecule has 0 saturated carbocycles. The molecular weight excluding hydrogens is 488 g/mol. The highest BCUT2D eigenvalue weighted by atomic mass is 127. The number of benzene rings is 1. The maximum absolute atomic E-state index is 12.3. The molecule has 1 aromatic rings. The van der Waals surface area contributed by atoms with Crippen LogP contribution in [-0.4, -0.2) is 63.5 Å². The van der Waals surface area contributed by atoms with E-state index in [0.29, 0.717) is 56.7 Å². The fourth-order valence-corrected chi connectivity index (χ4v) is 2.60. The Morgan fingerprint density at radius 3 is 2.61 bits per heavy atom. The van der Waals surface area contributed by atoms with Crippen LogP contribution in [0.3, 0.4) is 0 Å². The number of guanidine groups is 1. The Labute approximate surface area is 180 Å². The van der Waals surface area contributed by atoms with Gasteiger partial charge in [0.15, 0.2) is 17.5 Å². The minimum Gasteiger partial charge on any atom is -0.490 e. The van der Waals surface area contributed by atoms with Crippen molar-refractivity contribution in [2.45, 2.75) is 25.9 Å². The van der Waals surface area contributed by atoms with Crippen LogP contribution in [0.4, 0.5) is 18.9 Å². The predicted octanol–water partition coefficient (Wildman–Crippen LogP) is 3.73. The van der Waals surface area contributed by atoms with E-state index in [-0.39, 0.29) is 24.0 Å². The topological polar surface area (TPSA) is 58.1 Å². The van der Waals surface area contributed by atoms with Gasteiger partial charge in [-0.1, -0.05) is 0 Å². The van der Waals surface area contributed by atoms with Crippen molar-refractivity contribution >= 4 is 35.6 Å². The number of rotatable bonds is 7. The molecule has 0 bridgehead atoms. The van der Waals surface area contributed by atoms with Crippen molar-refractivity contribution in [1.82, 2.24) is 10.2 Å². The molecule has 160 valence electrons. The summed E-state index contributed by atoms with van der Waals surface area (Å²) in [7, 11) is 1.46. The maximum atomic E-state index is 12.3. The molecule has 1 heterocycles. The van der Waals surface area contributed by atoms with Gasteiger partial charge in [-0.15, -0.1) is 24.0 Å². The van der Waals surface area contributed by atoms with Crippen molar-refractivity contribution in [3.8, 4) is 11.5 Å². The van der Waals surface area contributed by atoms with Crippen LogP contribution in [0.1, 0.15) is 19.8 Å². The van der Waals surface area contributed by atoms with Crippen molar-refractivity contribution in [2.24, 2.45) is 4.99 Å². The fraction of sp³-hybridized carbons (Fsp3) is 0.611. The fourth-order valence-electron chi connectivity index (χ4n) is 2.60. The van der Waals surface area contributed by atoms with Gasteiger partial charge in [-0.2, -0.15) is 13.2 Å². The molecular formula is C18H28F3IN4O2. The molecule has 0 spiro atoms. The monoisotopic (exact) mass is 516 g/mol. The van der Waals surface area contributed by atoms with E-state index in [4.69, 9.17) is 9.47 Å². The summed E-state index contributed by atoms with van der Waals surface area (Å²) in [5, 5.41) is 6.31. The summed E-state index contributed by atoms with van der Waals surface area (Å²) in [5.41, 5.74) is 0.799. The molecule has 0 fully saturated rings. The Morgan fingerprint density at radius 2 is 1.93 bits per heavy atom. The van der Waals surface area contributed by atoms with E-state index in [1.54, 1.807) is 0 Å². The average molecular weight is 516 g/mol. The number of alkyl halides is 3. The second-order valence-electron chi connectivity index (χ2n) is 6.30. The van der Waals surface area contributed by atoms with E-state index in [1.807, 2.05) is 25.1 Å². The number of hydrogen-bond acceptors (Lipinski definition) is 4. The lowest BCUT2D eigenvalue weighted by molar-refractivity contribution is -0.143. The Kier molecular flexibility index (Phi) is 10.7. The summed E-state index contributed by atoms with van der Waals surface area (Å²) in [6.45, 7) is 3.69. The highest BCUT2D eigenvalue weighted by Gasteiger charge is 2.28.